The molecule has 1 atom stereocenters. The lowest BCUT2D eigenvalue weighted by Gasteiger charge is -2.42. The van der Waals surface area contributed by atoms with Crippen molar-refractivity contribution in [3.8, 4) is 0 Å². The Hall–Kier alpha value is -0.0800. The van der Waals surface area contributed by atoms with Crippen molar-refractivity contribution in [3.05, 3.63) is 0 Å². The summed E-state index contributed by atoms with van der Waals surface area (Å²) in [6.45, 7) is 5.16. The Morgan fingerprint density at radius 3 is 2.59 bits per heavy atom. The second kappa shape index (κ2) is 5.71. The van der Waals surface area contributed by atoms with E-state index in [1.54, 1.807) is 0 Å². The van der Waals surface area contributed by atoms with E-state index in [4.69, 9.17) is 0 Å². The summed E-state index contributed by atoms with van der Waals surface area (Å²) in [7, 11) is 0. The smallest absolute Gasteiger partial charge is 0.0249 e. The summed E-state index contributed by atoms with van der Waals surface area (Å²) >= 11 is 0. The van der Waals surface area contributed by atoms with Gasteiger partial charge < -0.3 is 5.32 Å². The molecule has 2 aliphatic carbocycles. The molecule has 0 spiro atoms. The minimum Gasteiger partial charge on any atom is -0.314 e. The van der Waals surface area contributed by atoms with Crippen LogP contribution in [-0.4, -0.2) is 37.1 Å². The fourth-order valence-corrected chi connectivity index (χ4v) is 3.78. The third-order valence-corrected chi connectivity index (χ3v) is 5.11. The van der Waals surface area contributed by atoms with Gasteiger partial charge in [0.2, 0.25) is 0 Å². The second-order valence-corrected chi connectivity index (χ2v) is 6.44. The van der Waals surface area contributed by atoms with Crippen molar-refractivity contribution in [3.63, 3.8) is 0 Å². The van der Waals surface area contributed by atoms with Gasteiger partial charge in [0.05, 0.1) is 0 Å². The van der Waals surface area contributed by atoms with Gasteiger partial charge >= 0.3 is 0 Å². The molecule has 0 radical (unpaired) electrons. The number of nitrogens with one attached hydrogen (secondary N) is 1. The van der Waals surface area contributed by atoms with Gasteiger partial charge in [-0.05, 0) is 37.6 Å². The third kappa shape index (κ3) is 3.23. The molecule has 0 aromatic carbocycles. The number of nitrogens with zero attached hydrogens (tertiary/aromatic N) is 1. The quantitative estimate of drug-likeness (QED) is 0.807. The Balaban J connectivity index is 1.53. The van der Waals surface area contributed by atoms with Gasteiger partial charge in [-0.25, -0.2) is 0 Å². The van der Waals surface area contributed by atoms with Crippen molar-refractivity contribution < 1.29 is 0 Å². The molecular weight excluding hydrogens is 208 g/mol. The fraction of sp³-hybridized carbons (Fsp3) is 1.00. The number of rotatable bonds is 4. The molecule has 1 N–H and O–H groups in total. The molecule has 0 aromatic rings. The summed E-state index contributed by atoms with van der Waals surface area (Å²) < 4.78 is 0. The van der Waals surface area contributed by atoms with Crippen molar-refractivity contribution in [2.75, 3.05) is 26.2 Å². The number of hydrogen-bond donors (Lipinski definition) is 1. The van der Waals surface area contributed by atoms with Crippen LogP contribution in [0.25, 0.3) is 0 Å². The van der Waals surface area contributed by atoms with Crippen LogP contribution in [0, 0.1) is 11.8 Å². The molecule has 1 heterocycles. The third-order valence-electron chi connectivity index (χ3n) is 5.11. The van der Waals surface area contributed by atoms with Crippen LogP contribution in [0.5, 0.6) is 0 Å². The average molecular weight is 236 g/mol. The molecule has 98 valence electrons. The van der Waals surface area contributed by atoms with Crippen LogP contribution in [0.15, 0.2) is 0 Å². The van der Waals surface area contributed by atoms with Crippen molar-refractivity contribution in [1.29, 1.82) is 0 Å². The highest BCUT2D eigenvalue weighted by Crippen LogP contribution is 2.34. The van der Waals surface area contributed by atoms with E-state index < -0.39 is 0 Å². The molecule has 0 aromatic heterocycles. The van der Waals surface area contributed by atoms with Gasteiger partial charge in [-0.2, -0.15) is 0 Å². The summed E-state index contributed by atoms with van der Waals surface area (Å²) in [4.78, 5) is 2.82. The largest absolute Gasteiger partial charge is 0.314 e. The maximum Gasteiger partial charge on any atom is 0.0249 e. The molecule has 2 saturated carbocycles. The first-order valence-electron chi connectivity index (χ1n) is 7.88. The topological polar surface area (TPSA) is 15.3 Å². The summed E-state index contributed by atoms with van der Waals surface area (Å²) in [6, 6.07) is 0.864. The Kier molecular flexibility index (Phi) is 4.02. The molecule has 17 heavy (non-hydrogen) atoms. The molecule has 1 aliphatic heterocycles. The molecule has 0 amide bonds. The van der Waals surface area contributed by atoms with Crippen LogP contribution in [0.2, 0.25) is 0 Å². The Bertz CT molecular complexity index is 231. The van der Waals surface area contributed by atoms with Gasteiger partial charge in [0, 0.05) is 25.7 Å². The van der Waals surface area contributed by atoms with Gasteiger partial charge in [-0.15, -0.1) is 0 Å². The van der Waals surface area contributed by atoms with Crippen LogP contribution in [0.1, 0.15) is 51.4 Å². The fourth-order valence-electron chi connectivity index (χ4n) is 3.78. The van der Waals surface area contributed by atoms with E-state index >= 15 is 0 Å². The molecule has 2 nitrogen and oxygen atoms in total. The first kappa shape index (κ1) is 12.0. The SMILES string of the molecule is C1CCC(C2CNCCN2CCC2CC2)CC1. The van der Waals surface area contributed by atoms with Crippen molar-refractivity contribution in [2.45, 2.75) is 57.4 Å². The molecule has 1 unspecified atom stereocenters. The highest BCUT2D eigenvalue weighted by atomic mass is 15.2. The average Bonchev–Trinajstić information content (AvgIpc) is 3.22. The summed E-state index contributed by atoms with van der Waals surface area (Å²) in [5.74, 6) is 2.09. The second-order valence-electron chi connectivity index (χ2n) is 6.44. The lowest BCUT2D eigenvalue weighted by atomic mass is 9.82. The summed E-state index contributed by atoms with van der Waals surface area (Å²) in [5, 5.41) is 3.62. The monoisotopic (exact) mass is 236 g/mol. The first-order valence-corrected chi connectivity index (χ1v) is 7.88. The zero-order valence-corrected chi connectivity index (χ0v) is 11.2. The molecular formula is C15H28N2. The van der Waals surface area contributed by atoms with E-state index in [-0.39, 0.29) is 0 Å². The molecule has 2 heteroatoms. The van der Waals surface area contributed by atoms with Crippen LogP contribution in [0.3, 0.4) is 0 Å². The van der Waals surface area contributed by atoms with Crippen LogP contribution in [0.4, 0.5) is 0 Å². The zero-order valence-electron chi connectivity index (χ0n) is 11.2. The Morgan fingerprint density at radius 2 is 1.82 bits per heavy atom. The van der Waals surface area contributed by atoms with Crippen LogP contribution >= 0.6 is 0 Å². The van der Waals surface area contributed by atoms with Crippen molar-refractivity contribution >= 4 is 0 Å². The first-order chi connectivity index (χ1) is 8.43. The summed E-state index contributed by atoms with van der Waals surface area (Å²) in [6.07, 6.45) is 11.9. The standard InChI is InChI=1S/C15H28N2/c1-2-4-14(5-3-1)15-12-16-9-11-17(15)10-8-13-6-7-13/h13-16H,1-12H2. The maximum atomic E-state index is 3.62. The van der Waals surface area contributed by atoms with E-state index in [1.165, 1.54) is 77.5 Å². The molecule has 0 bridgehead atoms. The van der Waals surface area contributed by atoms with Gasteiger partial charge in [0.1, 0.15) is 0 Å². The molecule has 3 fully saturated rings. The number of hydrogen-bond acceptors (Lipinski definition) is 2. The molecule has 3 aliphatic rings. The minimum atomic E-state index is 0.864. The van der Waals surface area contributed by atoms with E-state index in [2.05, 4.69) is 10.2 Å². The molecule has 1 saturated heterocycles. The van der Waals surface area contributed by atoms with Crippen molar-refractivity contribution in [2.24, 2.45) is 11.8 Å². The van der Waals surface area contributed by atoms with Crippen molar-refractivity contribution in [1.82, 2.24) is 10.2 Å². The zero-order chi connectivity index (χ0) is 11.5. The lowest BCUT2D eigenvalue weighted by molar-refractivity contribution is 0.0900. The van der Waals surface area contributed by atoms with E-state index in [0.29, 0.717) is 0 Å². The van der Waals surface area contributed by atoms with E-state index in [1.807, 2.05) is 0 Å². The van der Waals surface area contributed by atoms with Gasteiger partial charge in [-0.1, -0.05) is 32.1 Å². The summed E-state index contributed by atoms with van der Waals surface area (Å²) in [5.41, 5.74) is 0. The highest BCUT2D eigenvalue weighted by molar-refractivity contribution is 4.88. The normalized spacial score (nSPS) is 32.8. The van der Waals surface area contributed by atoms with Gasteiger partial charge in [0.25, 0.3) is 0 Å². The van der Waals surface area contributed by atoms with E-state index in [0.717, 1.165) is 17.9 Å². The van der Waals surface area contributed by atoms with Crippen LogP contribution in [-0.2, 0) is 0 Å². The van der Waals surface area contributed by atoms with E-state index in [9.17, 15) is 0 Å². The molecule has 3 rings (SSSR count). The maximum absolute atomic E-state index is 3.62. The Labute approximate surface area is 106 Å². The van der Waals surface area contributed by atoms with Gasteiger partial charge in [0.15, 0.2) is 0 Å². The predicted molar refractivity (Wildman–Crippen MR) is 72.1 cm³/mol. The Morgan fingerprint density at radius 1 is 1.00 bits per heavy atom. The minimum absolute atomic E-state index is 0.864. The van der Waals surface area contributed by atoms with Gasteiger partial charge in [-0.3, -0.25) is 4.90 Å². The highest BCUT2D eigenvalue weighted by Gasteiger charge is 2.31. The predicted octanol–water partition coefficient (Wildman–Crippen LogP) is 2.64. The lowest BCUT2D eigenvalue weighted by Crippen LogP contribution is -2.54. The van der Waals surface area contributed by atoms with Crippen LogP contribution < -0.4 is 5.32 Å². The number of piperazine rings is 1.